The number of nitriles is 1. The molecule has 1 aromatic rings. The van der Waals surface area contributed by atoms with Gasteiger partial charge in [0.05, 0.1) is 26.8 Å². The number of carbonyl (C=O) groups is 1. The first-order valence-corrected chi connectivity index (χ1v) is 10.2. The van der Waals surface area contributed by atoms with Crippen molar-refractivity contribution in [3.63, 3.8) is 0 Å². The molecular formula is C22H31N3O3. The monoisotopic (exact) mass is 385 g/mol. The Morgan fingerprint density at radius 3 is 2.64 bits per heavy atom. The molecule has 6 heteroatoms. The zero-order valence-electron chi connectivity index (χ0n) is 17.2. The number of likely N-dealkylation sites (N-methyl/N-ethyl adjacent to an activating group) is 1. The van der Waals surface area contributed by atoms with Gasteiger partial charge in [0.25, 0.3) is 0 Å². The summed E-state index contributed by atoms with van der Waals surface area (Å²) in [4.78, 5) is 17.0. The van der Waals surface area contributed by atoms with Gasteiger partial charge in [0.15, 0.2) is 0 Å². The molecular weight excluding hydrogens is 354 g/mol. The number of hydrogen-bond donors (Lipinski definition) is 0. The third kappa shape index (κ3) is 3.95. The smallest absolute Gasteiger partial charge is 0.237 e. The number of benzene rings is 1. The Kier molecular flexibility index (Phi) is 6.46. The first kappa shape index (κ1) is 20.5. The summed E-state index contributed by atoms with van der Waals surface area (Å²) in [5.74, 6) is 1.63. The highest BCUT2D eigenvalue weighted by Crippen LogP contribution is 2.39. The molecule has 0 aromatic heterocycles. The number of ether oxygens (including phenoxy) is 2. The Balaban J connectivity index is 1.77. The quantitative estimate of drug-likeness (QED) is 0.749. The van der Waals surface area contributed by atoms with Crippen LogP contribution < -0.4 is 9.47 Å². The van der Waals surface area contributed by atoms with E-state index >= 15 is 0 Å². The maximum Gasteiger partial charge on any atom is 0.237 e. The Bertz CT molecular complexity index is 737. The topological polar surface area (TPSA) is 65.8 Å². The average molecular weight is 386 g/mol. The first-order chi connectivity index (χ1) is 13.5. The molecule has 1 amide bonds. The summed E-state index contributed by atoms with van der Waals surface area (Å²) in [5.41, 5.74) is 0.417. The van der Waals surface area contributed by atoms with Crippen molar-refractivity contribution in [2.75, 3.05) is 34.4 Å². The molecule has 1 saturated carbocycles. The van der Waals surface area contributed by atoms with Gasteiger partial charge < -0.3 is 14.4 Å². The first-order valence-electron chi connectivity index (χ1n) is 10.2. The molecule has 1 aromatic carbocycles. The molecule has 28 heavy (non-hydrogen) atoms. The third-order valence-electron chi connectivity index (χ3n) is 6.40. The Hall–Kier alpha value is -2.26. The van der Waals surface area contributed by atoms with Crippen molar-refractivity contribution in [2.24, 2.45) is 0 Å². The number of carbonyl (C=O) groups excluding carboxylic acids is 1. The normalized spacial score (nSPS) is 21.7. The summed E-state index contributed by atoms with van der Waals surface area (Å²) < 4.78 is 11.0. The minimum atomic E-state index is -0.641. The SMILES string of the molecule is COc1ccc(OC)c([C@@H]2CCCN2CC(=O)N(C)C2(C#N)CCCCC2)c1. The van der Waals surface area contributed by atoms with E-state index < -0.39 is 5.54 Å². The van der Waals surface area contributed by atoms with Gasteiger partial charge in [-0.2, -0.15) is 5.26 Å². The van der Waals surface area contributed by atoms with Gasteiger partial charge in [-0.25, -0.2) is 0 Å². The van der Waals surface area contributed by atoms with Crippen LogP contribution >= 0.6 is 0 Å². The lowest BCUT2D eigenvalue weighted by Crippen LogP contribution is -2.52. The molecule has 1 atom stereocenters. The summed E-state index contributed by atoms with van der Waals surface area (Å²) in [6.07, 6.45) is 6.74. The molecule has 6 nitrogen and oxygen atoms in total. The fraction of sp³-hybridized carbons (Fsp3) is 0.636. The van der Waals surface area contributed by atoms with Crippen molar-refractivity contribution < 1.29 is 14.3 Å². The van der Waals surface area contributed by atoms with E-state index in [2.05, 4.69) is 11.0 Å². The minimum absolute atomic E-state index is 0.0252. The van der Waals surface area contributed by atoms with E-state index in [4.69, 9.17) is 9.47 Å². The number of methoxy groups -OCH3 is 2. The lowest BCUT2D eigenvalue weighted by Gasteiger charge is -2.40. The molecule has 0 spiro atoms. The highest BCUT2D eigenvalue weighted by Gasteiger charge is 2.40. The van der Waals surface area contributed by atoms with Crippen molar-refractivity contribution in [1.29, 1.82) is 5.26 Å². The summed E-state index contributed by atoms with van der Waals surface area (Å²) >= 11 is 0. The number of likely N-dealkylation sites (tertiary alicyclic amines) is 1. The standard InChI is InChI=1S/C22H31N3O3/c1-24(22(16-23)11-5-4-6-12-22)21(26)15-25-13-7-8-19(25)18-14-17(27-2)9-10-20(18)28-3/h9-10,14,19H,4-8,11-13,15H2,1-3H3/t19-/m0/s1. The van der Waals surface area contributed by atoms with Crippen LogP contribution in [-0.4, -0.2) is 55.6 Å². The van der Waals surface area contributed by atoms with E-state index in [0.29, 0.717) is 6.54 Å². The van der Waals surface area contributed by atoms with Crippen LogP contribution in [0.1, 0.15) is 56.6 Å². The summed E-state index contributed by atoms with van der Waals surface area (Å²) in [6, 6.07) is 8.39. The van der Waals surface area contributed by atoms with E-state index in [1.165, 1.54) is 0 Å². The predicted molar refractivity (Wildman–Crippen MR) is 107 cm³/mol. The molecule has 3 rings (SSSR count). The molecule has 0 unspecified atom stereocenters. The Morgan fingerprint density at radius 2 is 2.00 bits per heavy atom. The van der Waals surface area contributed by atoms with Gasteiger partial charge in [0.1, 0.15) is 17.0 Å². The number of amides is 1. The van der Waals surface area contributed by atoms with Crippen molar-refractivity contribution in [2.45, 2.75) is 56.5 Å². The molecule has 1 aliphatic heterocycles. The summed E-state index contributed by atoms with van der Waals surface area (Å²) in [6.45, 7) is 1.19. The van der Waals surface area contributed by atoms with E-state index in [-0.39, 0.29) is 11.9 Å². The number of rotatable bonds is 6. The highest BCUT2D eigenvalue weighted by molar-refractivity contribution is 5.79. The molecule has 2 fully saturated rings. The lowest BCUT2D eigenvalue weighted by atomic mass is 9.81. The second-order valence-corrected chi connectivity index (χ2v) is 7.89. The minimum Gasteiger partial charge on any atom is -0.497 e. The van der Waals surface area contributed by atoms with Gasteiger partial charge in [-0.15, -0.1) is 0 Å². The molecule has 2 aliphatic rings. The molecule has 0 bridgehead atoms. The molecule has 152 valence electrons. The summed E-state index contributed by atoms with van der Waals surface area (Å²) in [5, 5.41) is 9.79. The van der Waals surface area contributed by atoms with Crippen molar-refractivity contribution in [3.8, 4) is 17.6 Å². The maximum absolute atomic E-state index is 13.1. The second-order valence-electron chi connectivity index (χ2n) is 7.89. The van der Waals surface area contributed by atoms with Crippen LogP contribution in [0, 0.1) is 11.3 Å². The molecule has 0 N–H and O–H groups in total. The van der Waals surface area contributed by atoms with Crippen molar-refractivity contribution in [3.05, 3.63) is 23.8 Å². The second kappa shape index (κ2) is 8.83. The van der Waals surface area contributed by atoms with Gasteiger partial charge >= 0.3 is 0 Å². The average Bonchev–Trinajstić information content (AvgIpc) is 3.20. The highest BCUT2D eigenvalue weighted by atomic mass is 16.5. The van der Waals surface area contributed by atoms with E-state index in [0.717, 1.165) is 68.6 Å². The Labute approximate surface area is 168 Å². The molecule has 1 heterocycles. The zero-order valence-corrected chi connectivity index (χ0v) is 17.2. The van der Waals surface area contributed by atoms with Crippen molar-refractivity contribution >= 4 is 5.91 Å². The van der Waals surface area contributed by atoms with Crippen LogP contribution in [0.5, 0.6) is 11.5 Å². The fourth-order valence-electron chi connectivity index (χ4n) is 4.64. The van der Waals surface area contributed by atoms with Gasteiger partial charge in [-0.3, -0.25) is 9.69 Å². The van der Waals surface area contributed by atoms with Gasteiger partial charge in [-0.05, 0) is 50.4 Å². The van der Waals surface area contributed by atoms with Gasteiger partial charge in [-0.1, -0.05) is 19.3 Å². The summed E-state index contributed by atoms with van der Waals surface area (Å²) in [7, 11) is 5.12. The number of hydrogen-bond acceptors (Lipinski definition) is 5. The maximum atomic E-state index is 13.1. The zero-order chi connectivity index (χ0) is 20.1. The van der Waals surface area contributed by atoms with Gasteiger partial charge in [0.2, 0.25) is 5.91 Å². The molecule has 1 saturated heterocycles. The molecule has 1 aliphatic carbocycles. The molecule has 0 radical (unpaired) electrons. The van der Waals surface area contributed by atoms with Crippen LogP contribution in [-0.2, 0) is 4.79 Å². The van der Waals surface area contributed by atoms with E-state index in [1.807, 2.05) is 18.2 Å². The van der Waals surface area contributed by atoms with Crippen molar-refractivity contribution in [1.82, 2.24) is 9.80 Å². The van der Waals surface area contributed by atoms with E-state index in [9.17, 15) is 10.1 Å². The van der Waals surface area contributed by atoms with Crippen LogP contribution in [0.25, 0.3) is 0 Å². The van der Waals surface area contributed by atoms with Crippen LogP contribution in [0.4, 0.5) is 0 Å². The van der Waals surface area contributed by atoms with Crippen LogP contribution in [0.15, 0.2) is 18.2 Å². The van der Waals surface area contributed by atoms with Gasteiger partial charge in [0, 0.05) is 18.7 Å². The predicted octanol–water partition coefficient (Wildman–Crippen LogP) is 3.53. The fourth-order valence-corrected chi connectivity index (χ4v) is 4.64. The lowest BCUT2D eigenvalue weighted by molar-refractivity contribution is -0.136. The largest absolute Gasteiger partial charge is 0.497 e. The van der Waals surface area contributed by atoms with Crippen LogP contribution in [0.3, 0.4) is 0 Å². The third-order valence-corrected chi connectivity index (χ3v) is 6.40. The Morgan fingerprint density at radius 1 is 1.25 bits per heavy atom. The van der Waals surface area contributed by atoms with Crippen LogP contribution in [0.2, 0.25) is 0 Å². The number of nitrogens with zero attached hydrogens (tertiary/aromatic N) is 3. The van der Waals surface area contributed by atoms with E-state index in [1.54, 1.807) is 26.2 Å².